The number of rotatable bonds is 7. The number of aliphatic hydroxyl groups is 2. The molecule has 0 aliphatic heterocycles. The number of unbranched alkanes of at least 4 members (excludes halogenated alkanes) is 1. The van der Waals surface area contributed by atoms with Gasteiger partial charge in [0.2, 0.25) is 0 Å². The van der Waals surface area contributed by atoms with Gasteiger partial charge in [0.05, 0.1) is 0 Å². The van der Waals surface area contributed by atoms with Gasteiger partial charge in [0.25, 0.3) is 0 Å². The average Bonchev–Trinajstić information content (AvgIpc) is 2.23. The molecule has 0 aliphatic rings. The molecule has 0 aromatic carbocycles. The molecule has 0 heterocycles. The molecule has 0 radical (unpaired) electrons. The van der Waals surface area contributed by atoms with Crippen LogP contribution in [0.25, 0.3) is 0 Å². The fraction of sp³-hybridized carbons (Fsp3) is 0.727. The third-order valence-electron chi connectivity index (χ3n) is 1.58. The van der Waals surface area contributed by atoms with Crippen molar-refractivity contribution in [3.8, 4) is 0 Å². The first kappa shape index (κ1) is 23.2. The van der Waals surface area contributed by atoms with Crippen LogP contribution in [0.4, 0.5) is 4.79 Å². The molecule has 0 rings (SSSR count). The van der Waals surface area contributed by atoms with Crippen LogP contribution in [0.2, 0.25) is 0 Å². The van der Waals surface area contributed by atoms with Crippen LogP contribution in [0.3, 0.4) is 0 Å². The van der Waals surface area contributed by atoms with Crippen molar-refractivity contribution >= 4 is 18.0 Å². The number of carboxylic acids is 2. The Hall–Kier alpha value is -1.87. The van der Waals surface area contributed by atoms with Crippen LogP contribution in [0.5, 0.6) is 0 Å². The molecule has 0 aliphatic carbocycles. The molecular weight excluding hydrogens is 272 g/mol. The third kappa shape index (κ3) is 55.9. The summed E-state index contributed by atoms with van der Waals surface area (Å²) in [5.41, 5.74) is 8.50. The zero-order valence-corrected chi connectivity index (χ0v) is 11.5. The van der Waals surface area contributed by atoms with Gasteiger partial charge in [0.15, 0.2) is 6.29 Å². The molecule has 0 fully saturated rings. The predicted molar refractivity (Wildman–Crippen MR) is 70.6 cm³/mol. The topological polar surface area (TPSA) is 184 Å². The van der Waals surface area contributed by atoms with Gasteiger partial charge in [-0.05, 0) is 19.3 Å². The van der Waals surface area contributed by atoms with Gasteiger partial charge in [0.1, 0.15) is 0 Å². The van der Waals surface area contributed by atoms with Crippen LogP contribution >= 0.6 is 0 Å². The first-order chi connectivity index (χ1) is 9.13. The van der Waals surface area contributed by atoms with Crippen molar-refractivity contribution in [1.29, 1.82) is 0 Å². The quantitative estimate of drug-likeness (QED) is 0.278. The van der Waals surface area contributed by atoms with Gasteiger partial charge in [-0.25, -0.2) is 4.79 Å². The summed E-state index contributed by atoms with van der Waals surface area (Å²) in [5, 5.41) is 32.5. The second kappa shape index (κ2) is 17.1. The number of carbonyl (C=O) groups is 3. The van der Waals surface area contributed by atoms with Gasteiger partial charge in [0, 0.05) is 12.8 Å². The Morgan fingerprint density at radius 3 is 1.35 bits per heavy atom. The van der Waals surface area contributed by atoms with Crippen molar-refractivity contribution in [1.82, 2.24) is 0 Å². The molecule has 8 N–H and O–H groups in total. The number of amides is 2. The minimum absolute atomic E-state index is 0.0628. The zero-order chi connectivity index (χ0) is 16.6. The molecular formula is C11H24N2O7. The molecule has 0 spiro atoms. The first-order valence-electron chi connectivity index (χ1n) is 5.98. The van der Waals surface area contributed by atoms with Crippen LogP contribution in [-0.2, 0) is 9.59 Å². The molecule has 2 amide bonds. The number of primary amides is 2. The van der Waals surface area contributed by atoms with Crippen molar-refractivity contribution < 1.29 is 34.8 Å². The molecule has 9 heteroatoms. The average molecular weight is 296 g/mol. The second-order valence-electron chi connectivity index (χ2n) is 3.67. The van der Waals surface area contributed by atoms with Crippen LogP contribution in [0.15, 0.2) is 0 Å². The summed E-state index contributed by atoms with van der Waals surface area (Å²) in [7, 11) is 0. The maximum absolute atomic E-state index is 9.90. The Bertz CT molecular complexity index is 249. The summed E-state index contributed by atoms with van der Waals surface area (Å²) >= 11 is 0. The van der Waals surface area contributed by atoms with Gasteiger partial charge in [-0.1, -0.05) is 13.3 Å². The molecule has 0 atom stereocenters. The number of carboxylic acid groups (broad SMARTS) is 2. The molecule has 0 aromatic heterocycles. The smallest absolute Gasteiger partial charge is 0.309 e. The molecule has 0 saturated heterocycles. The number of aliphatic hydroxyl groups excluding tert-OH is 1. The highest BCUT2D eigenvalue weighted by atomic mass is 16.5. The second-order valence-corrected chi connectivity index (χ2v) is 3.67. The normalized spacial score (nSPS) is 8.80. The third-order valence-corrected chi connectivity index (χ3v) is 1.58. The van der Waals surface area contributed by atoms with E-state index < -0.39 is 24.3 Å². The van der Waals surface area contributed by atoms with E-state index >= 15 is 0 Å². The molecule has 9 nitrogen and oxygen atoms in total. The molecule has 0 aromatic rings. The van der Waals surface area contributed by atoms with Crippen molar-refractivity contribution in [3.05, 3.63) is 0 Å². The Morgan fingerprint density at radius 1 is 0.950 bits per heavy atom. The molecule has 0 bridgehead atoms. The highest BCUT2D eigenvalue weighted by Gasteiger charge is 1.99. The van der Waals surface area contributed by atoms with Gasteiger partial charge < -0.3 is 31.9 Å². The lowest BCUT2D eigenvalue weighted by atomic mass is 10.2. The van der Waals surface area contributed by atoms with E-state index in [-0.39, 0.29) is 12.8 Å². The molecule has 0 saturated carbocycles. The number of carbonyl (C=O) groups excluding carboxylic acids is 1. The van der Waals surface area contributed by atoms with E-state index in [9.17, 15) is 9.59 Å². The van der Waals surface area contributed by atoms with Gasteiger partial charge in [-0.3, -0.25) is 9.59 Å². The van der Waals surface area contributed by atoms with Gasteiger partial charge in [-0.15, -0.1) is 0 Å². The maximum Gasteiger partial charge on any atom is 0.309 e. The number of nitrogens with two attached hydrogens (primary N) is 2. The molecule has 0 unspecified atom stereocenters. The largest absolute Gasteiger partial charge is 0.481 e. The van der Waals surface area contributed by atoms with Crippen molar-refractivity contribution in [3.63, 3.8) is 0 Å². The first-order valence-corrected chi connectivity index (χ1v) is 5.98. The SMILES string of the molecule is CCCC(O)O.NC(N)=O.O=C(O)CCCCC(=O)O. The van der Waals surface area contributed by atoms with E-state index in [1.54, 1.807) is 0 Å². The van der Waals surface area contributed by atoms with Crippen molar-refractivity contribution in [2.45, 2.75) is 51.7 Å². The summed E-state index contributed by atoms with van der Waals surface area (Å²) in [5.74, 6) is -1.74. The minimum atomic E-state index is -1.10. The molecule has 120 valence electrons. The number of aliphatic carboxylic acids is 2. The lowest BCUT2D eigenvalue weighted by Gasteiger charge is -1.94. The summed E-state index contributed by atoms with van der Waals surface area (Å²) in [6.45, 7) is 1.90. The fourth-order valence-electron chi connectivity index (χ4n) is 0.811. The highest BCUT2D eigenvalue weighted by Crippen LogP contribution is 1.98. The van der Waals surface area contributed by atoms with Crippen LogP contribution in [0.1, 0.15) is 45.4 Å². The van der Waals surface area contributed by atoms with E-state index in [0.717, 1.165) is 6.42 Å². The highest BCUT2D eigenvalue weighted by molar-refractivity contribution is 5.69. The molecule has 20 heavy (non-hydrogen) atoms. The van der Waals surface area contributed by atoms with Crippen molar-refractivity contribution in [2.75, 3.05) is 0 Å². The lowest BCUT2D eigenvalue weighted by Crippen LogP contribution is -2.18. The van der Waals surface area contributed by atoms with Crippen LogP contribution < -0.4 is 11.5 Å². The number of hydrogen-bond donors (Lipinski definition) is 6. The van der Waals surface area contributed by atoms with Crippen LogP contribution in [0, 0.1) is 0 Å². The van der Waals surface area contributed by atoms with Crippen molar-refractivity contribution in [2.24, 2.45) is 11.5 Å². The van der Waals surface area contributed by atoms with Crippen LogP contribution in [-0.4, -0.2) is 44.7 Å². The Morgan fingerprint density at radius 2 is 1.25 bits per heavy atom. The maximum atomic E-state index is 9.90. The van der Waals surface area contributed by atoms with Gasteiger partial charge in [-0.2, -0.15) is 0 Å². The Balaban J connectivity index is -0.000000246. The summed E-state index contributed by atoms with van der Waals surface area (Å²) in [4.78, 5) is 28.8. The summed E-state index contributed by atoms with van der Waals surface area (Å²) < 4.78 is 0. The van der Waals surface area contributed by atoms with E-state index in [1.807, 2.05) is 6.92 Å². The monoisotopic (exact) mass is 296 g/mol. The predicted octanol–water partition coefficient (Wildman–Crippen LogP) is -0.163. The summed E-state index contributed by atoms with van der Waals surface area (Å²) in [6.07, 6.45) is 1.23. The Labute approximate surface area is 117 Å². The fourth-order valence-corrected chi connectivity index (χ4v) is 0.811. The van der Waals surface area contributed by atoms with Gasteiger partial charge >= 0.3 is 18.0 Å². The van der Waals surface area contributed by atoms with E-state index in [1.165, 1.54) is 0 Å². The number of hydrogen-bond acceptors (Lipinski definition) is 5. The zero-order valence-electron chi connectivity index (χ0n) is 11.5. The number of urea groups is 1. The standard InChI is InChI=1S/C6H10O4.C4H10O2.CH4N2O/c7-5(8)3-1-2-4-6(9)10;1-2-3-4(5)6;2-1(3)4/h1-4H2,(H,7,8)(H,9,10);4-6H,2-3H2,1H3;(H4,2,3,4). The Kier molecular flexibility index (Phi) is 19.9. The lowest BCUT2D eigenvalue weighted by molar-refractivity contribution is -0.139. The van der Waals surface area contributed by atoms with E-state index in [4.69, 9.17) is 25.2 Å². The van der Waals surface area contributed by atoms with E-state index in [2.05, 4.69) is 11.5 Å². The minimum Gasteiger partial charge on any atom is -0.481 e. The summed E-state index contributed by atoms with van der Waals surface area (Å²) in [6, 6.07) is -0.833. The van der Waals surface area contributed by atoms with E-state index in [0.29, 0.717) is 19.3 Å².